The lowest BCUT2D eigenvalue weighted by molar-refractivity contribution is -0.120. The fraction of sp³-hybridized carbons (Fsp3) is 0.211. The van der Waals surface area contributed by atoms with E-state index in [0.717, 1.165) is 32.4 Å². The summed E-state index contributed by atoms with van der Waals surface area (Å²) in [5, 5.41) is 3.96. The van der Waals surface area contributed by atoms with Gasteiger partial charge in [-0.1, -0.05) is 36.4 Å². The van der Waals surface area contributed by atoms with Gasteiger partial charge >= 0.3 is 0 Å². The van der Waals surface area contributed by atoms with Crippen LogP contribution in [0.2, 0.25) is 0 Å². The molecule has 1 aromatic carbocycles. The Morgan fingerprint density at radius 1 is 1.12 bits per heavy atom. The first-order chi connectivity index (χ1) is 11.6. The Balaban J connectivity index is 1.61. The first-order valence-corrected chi connectivity index (χ1v) is 8.63. The fourth-order valence-electron chi connectivity index (χ4n) is 2.33. The van der Waals surface area contributed by atoms with Gasteiger partial charge in [-0.15, -0.1) is 11.3 Å². The molecule has 0 unspecified atom stereocenters. The third-order valence-electron chi connectivity index (χ3n) is 3.70. The zero-order valence-electron chi connectivity index (χ0n) is 13.7. The molecule has 4 nitrogen and oxygen atoms in total. The Morgan fingerprint density at radius 2 is 1.92 bits per heavy atom. The van der Waals surface area contributed by atoms with E-state index in [2.05, 4.69) is 15.3 Å². The molecule has 24 heavy (non-hydrogen) atoms. The molecule has 0 radical (unpaired) electrons. The monoisotopic (exact) mass is 337 g/mol. The van der Waals surface area contributed by atoms with Gasteiger partial charge in [0.25, 0.3) is 0 Å². The van der Waals surface area contributed by atoms with Gasteiger partial charge in [0.05, 0.1) is 18.7 Å². The van der Waals surface area contributed by atoms with Crippen LogP contribution in [0.25, 0.3) is 10.6 Å². The third kappa shape index (κ3) is 4.06. The number of amides is 1. The zero-order valence-corrected chi connectivity index (χ0v) is 14.6. The van der Waals surface area contributed by atoms with Gasteiger partial charge in [-0.05, 0) is 25.5 Å². The van der Waals surface area contributed by atoms with Gasteiger partial charge in [-0.25, -0.2) is 4.98 Å². The molecule has 2 aromatic heterocycles. The Bertz CT molecular complexity index is 826. The van der Waals surface area contributed by atoms with Crippen LogP contribution in [-0.2, 0) is 17.8 Å². The smallest absolute Gasteiger partial charge is 0.224 e. The van der Waals surface area contributed by atoms with E-state index < -0.39 is 0 Å². The highest BCUT2D eigenvalue weighted by molar-refractivity contribution is 7.15. The molecular weight excluding hydrogens is 318 g/mol. The minimum atomic E-state index is -0.00489. The summed E-state index contributed by atoms with van der Waals surface area (Å²) in [4.78, 5) is 22.0. The van der Waals surface area contributed by atoms with Crippen LogP contribution in [0, 0.1) is 13.8 Å². The Kier molecular flexibility index (Phi) is 5.01. The fourth-order valence-corrected chi connectivity index (χ4v) is 3.33. The van der Waals surface area contributed by atoms with Crippen molar-refractivity contribution < 1.29 is 4.79 Å². The van der Waals surface area contributed by atoms with Crippen molar-refractivity contribution in [1.29, 1.82) is 0 Å². The number of rotatable bonds is 5. The van der Waals surface area contributed by atoms with E-state index in [4.69, 9.17) is 0 Å². The molecule has 122 valence electrons. The first-order valence-electron chi connectivity index (χ1n) is 7.82. The van der Waals surface area contributed by atoms with E-state index in [1.54, 1.807) is 17.5 Å². The van der Waals surface area contributed by atoms with E-state index >= 15 is 0 Å². The summed E-state index contributed by atoms with van der Waals surface area (Å²) >= 11 is 1.62. The molecule has 1 N–H and O–H groups in total. The van der Waals surface area contributed by atoms with Crippen LogP contribution in [-0.4, -0.2) is 15.9 Å². The summed E-state index contributed by atoms with van der Waals surface area (Å²) in [5.74, 6) is -0.00489. The molecule has 0 saturated carbocycles. The lowest BCUT2D eigenvalue weighted by Crippen LogP contribution is -2.24. The summed E-state index contributed by atoms with van der Waals surface area (Å²) in [6.45, 7) is 4.42. The maximum atomic E-state index is 12.1. The largest absolute Gasteiger partial charge is 0.351 e. The van der Waals surface area contributed by atoms with E-state index in [1.807, 2.05) is 56.3 Å². The van der Waals surface area contributed by atoms with E-state index in [9.17, 15) is 4.79 Å². The number of nitrogens with one attached hydrogen (secondary N) is 1. The van der Waals surface area contributed by atoms with Crippen molar-refractivity contribution in [3.63, 3.8) is 0 Å². The molecule has 0 spiro atoms. The van der Waals surface area contributed by atoms with Crippen molar-refractivity contribution in [3.05, 3.63) is 70.5 Å². The topological polar surface area (TPSA) is 54.9 Å². The van der Waals surface area contributed by atoms with Crippen molar-refractivity contribution >= 4 is 17.2 Å². The molecule has 0 aliphatic rings. The number of aryl methyl sites for hydroxylation is 2. The van der Waals surface area contributed by atoms with Crippen LogP contribution in [0.3, 0.4) is 0 Å². The van der Waals surface area contributed by atoms with Gasteiger partial charge < -0.3 is 5.32 Å². The molecule has 3 rings (SSSR count). The summed E-state index contributed by atoms with van der Waals surface area (Å²) in [6, 6.07) is 13.9. The average molecular weight is 337 g/mol. The number of pyridine rings is 1. The van der Waals surface area contributed by atoms with Crippen LogP contribution < -0.4 is 5.32 Å². The van der Waals surface area contributed by atoms with Crippen LogP contribution >= 0.6 is 11.3 Å². The standard InChI is InChI=1S/C19H19N3OS/c1-13-8-9-15(11-20-13)10-18(23)21-12-17-14(2)22-19(24-17)16-6-4-3-5-7-16/h3-9,11H,10,12H2,1-2H3,(H,21,23). The molecule has 0 aliphatic carbocycles. The Hall–Kier alpha value is -2.53. The normalized spacial score (nSPS) is 10.6. The van der Waals surface area contributed by atoms with Gasteiger partial charge in [0, 0.05) is 22.3 Å². The lowest BCUT2D eigenvalue weighted by atomic mass is 10.2. The first kappa shape index (κ1) is 16.3. The highest BCUT2D eigenvalue weighted by Crippen LogP contribution is 2.27. The van der Waals surface area contributed by atoms with Crippen LogP contribution in [0.5, 0.6) is 0 Å². The number of nitrogens with zero attached hydrogens (tertiary/aromatic N) is 2. The molecule has 5 heteroatoms. The maximum Gasteiger partial charge on any atom is 0.224 e. The quantitative estimate of drug-likeness (QED) is 0.773. The molecule has 0 aliphatic heterocycles. The molecule has 0 fully saturated rings. The second-order valence-corrected chi connectivity index (χ2v) is 6.74. The predicted molar refractivity (Wildman–Crippen MR) is 96.8 cm³/mol. The van der Waals surface area contributed by atoms with Gasteiger partial charge in [-0.3, -0.25) is 9.78 Å². The maximum absolute atomic E-state index is 12.1. The Morgan fingerprint density at radius 3 is 2.62 bits per heavy atom. The number of aromatic nitrogens is 2. The highest BCUT2D eigenvalue weighted by atomic mass is 32.1. The third-order valence-corrected chi connectivity index (χ3v) is 4.90. The SMILES string of the molecule is Cc1ccc(CC(=O)NCc2sc(-c3ccccc3)nc2C)cn1. The van der Waals surface area contributed by atoms with Crippen molar-refractivity contribution in [1.82, 2.24) is 15.3 Å². The van der Waals surface area contributed by atoms with Crippen LogP contribution in [0.15, 0.2) is 48.7 Å². The number of thiazole rings is 1. The zero-order chi connectivity index (χ0) is 16.9. The van der Waals surface area contributed by atoms with E-state index in [0.29, 0.717) is 13.0 Å². The number of carbonyl (C=O) groups is 1. The van der Waals surface area contributed by atoms with Crippen molar-refractivity contribution in [2.75, 3.05) is 0 Å². The molecular formula is C19H19N3OS. The second kappa shape index (κ2) is 7.36. The predicted octanol–water partition coefficient (Wildman–Crippen LogP) is 3.68. The number of benzene rings is 1. The van der Waals surface area contributed by atoms with Gasteiger partial charge in [0.1, 0.15) is 5.01 Å². The van der Waals surface area contributed by atoms with Crippen molar-refractivity contribution in [2.24, 2.45) is 0 Å². The minimum absolute atomic E-state index is 0.00489. The molecule has 1 amide bonds. The molecule has 0 atom stereocenters. The van der Waals surface area contributed by atoms with Gasteiger partial charge in [0.15, 0.2) is 0 Å². The Labute approximate surface area is 145 Å². The molecule has 0 saturated heterocycles. The van der Waals surface area contributed by atoms with E-state index in [-0.39, 0.29) is 5.91 Å². The van der Waals surface area contributed by atoms with Gasteiger partial charge in [-0.2, -0.15) is 0 Å². The number of hydrogen-bond donors (Lipinski definition) is 1. The molecule has 0 bridgehead atoms. The summed E-state index contributed by atoms with van der Waals surface area (Å²) in [6.07, 6.45) is 2.09. The highest BCUT2D eigenvalue weighted by Gasteiger charge is 2.11. The second-order valence-electron chi connectivity index (χ2n) is 5.65. The van der Waals surface area contributed by atoms with E-state index in [1.165, 1.54) is 0 Å². The minimum Gasteiger partial charge on any atom is -0.351 e. The summed E-state index contributed by atoms with van der Waals surface area (Å²) in [5.41, 5.74) is 3.95. The number of carbonyl (C=O) groups excluding carboxylic acids is 1. The number of hydrogen-bond acceptors (Lipinski definition) is 4. The van der Waals surface area contributed by atoms with Crippen LogP contribution in [0.4, 0.5) is 0 Å². The van der Waals surface area contributed by atoms with Crippen molar-refractivity contribution in [3.8, 4) is 10.6 Å². The van der Waals surface area contributed by atoms with Crippen LogP contribution in [0.1, 0.15) is 21.8 Å². The summed E-state index contributed by atoms with van der Waals surface area (Å²) < 4.78 is 0. The summed E-state index contributed by atoms with van der Waals surface area (Å²) in [7, 11) is 0. The van der Waals surface area contributed by atoms with Gasteiger partial charge in [0.2, 0.25) is 5.91 Å². The van der Waals surface area contributed by atoms with Crippen molar-refractivity contribution in [2.45, 2.75) is 26.8 Å². The molecule has 3 aromatic rings. The molecule has 2 heterocycles. The average Bonchev–Trinajstić information content (AvgIpc) is 2.97. The lowest BCUT2D eigenvalue weighted by Gasteiger charge is -2.04.